The lowest BCUT2D eigenvalue weighted by Crippen LogP contribution is -2.29. The molecule has 21 heavy (non-hydrogen) atoms. The summed E-state index contributed by atoms with van der Waals surface area (Å²) in [6.07, 6.45) is 0. The standard InChI is InChI=1S/C17H19FN2O/c1-13-8-9-15(10-16(13)18)19-17(21)12-20(2)11-14-6-4-3-5-7-14/h3-10H,11-12H2,1-2H3,(H,19,21). The van der Waals surface area contributed by atoms with Gasteiger partial charge in [0, 0.05) is 12.2 Å². The molecule has 110 valence electrons. The van der Waals surface area contributed by atoms with Crippen molar-refractivity contribution in [3.8, 4) is 0 Å². The number of carbonyl (C=O) groups is 1. The van der Waals surface area contributed by atoms with Crippen LogP contribution in [0, 0.1) is 12.7 Å². The van der Waals surface area contributed by atoms with Gasteiger partial charge in [-0.2, -0.15) is 0 Å². The molecule has 0 aliphatic rings. The van der Waals surface area contributed by atoms with Crippen molar-refractivity contribution in [3.05, 3.63) is 65.5 Å². The second-order valence-electron chi connectivity index (χ2n) is 5.17. The van der Waals surface area contributed by atoms with Gasteiger partial charge in [-0.25, -0.2) is 4.39 Å². The molecule has 1 amide bonds. The van der Waals surface area contributed by atoms with Crippen LogP contribution in [0.3, 0.4) is 0 Å². The van der Waals surface area contributed by atoms with E-state index in [0.717, 1.165) is 5.56 Å². The number of anilines is 1. The summed E-state index contributed by atoms with van der Waals surface area (Å²) in [5, 5.41) is 2.71. The number of benzene rings is 2. The zero-order valence-electron chi connectivity index (χ0n) is 12.3. The van der Waals surface area contributed by atoms with Gasteiger partial charge >= 0.3 is 0 Å². The van der Waals surface area contributed by atoms with Crippen molar-refractivity contribution >= 4 is 11.6 Å². The summed E-state index contributed by atoms with van der Waals surface area (Å²) in [5.41, 5.74) is 2.19. The first-order valence-electron chi connectivity index (χ1n) is 6.83. The fraction of sp³-hybridized carbons (Fsp3) is 0.235. The maximum atomic E-state index is 13.4. The van der Waals surface area contributed by atoms with E-state index in [9.17, 15) is 9.18 Å². The minimum atomic E-state index is -0.314. The van der Waals surface area contributed by atoms with Gasteiger partial charge in [-0.05, 0) is 37.2 Å². The van der Waals surface area contributed by atoms with Crippen molar-refractivity contribution in [3.63, 3.8) is 0 Å². The Morgan fingerprint density at radius 1 is 1.19 bits per heavy atom. The van der Waals surface area contributed by atoms with Crippen LogP contribution in [0.4, 0.5) is 10.1 Å². The van der Waals surface area contributed by atoms with Gasteiger partial charge in [0.2, 0.25) is 5.91 Å². The minimum Gasteiger partial charge on any atom is -0.325 e. The van der Waals surface area contributed by atoms with Crippen LogP contribution < -0.4 is 5.32 Å². The quantitative estimate of drug-likeness (QED) is 0.915. The Kier molecular flexibility index (Phi) is 5.06. The third-order valence-electron chi connectivity index (χ3n) is 3.16. The van der Waals surface area contributed by atoms with E-state index in [1.54, 1.807) is 19.1 Å². The van der Waals surface area contributed by atoms with Crippen LogP contribution >= 0.6 is 0 Å². The summed E-state index contributed by atoms with van der Waals surface area (Å²) in [6, 6.07) is 14.6. The fourth-order valence-corrected chi connectivity index (χ4v) is 2.07. The molecule has 0 bridgehead atoms. The Hall–Kier alpha value is -2.20. The number of halogens is 1. The molecule has 0 aliphatic heterocycles. The molecule has 0 heterocycles. The van der Waals surface area contributed by atoms with Crippen LogP contribution in [-0.4, -0.2) is 24.4 Å². The van der Waals surface area contributed by atoms with E-state index >= 15 is 0 Å². The summed E-state index contributed by atoms with van der Waals surface area (Å²) >= 11 is 0. The number of rotatable bonds is 5. The molecule has 0 unspecified atom stereocenters. The minimum absolute atomic E-state index is 0.156. The van der Waals surface area contributed by atoms with E-state index < -0.39 is 0 Å². The van der Waals surface area contributed by atoms with Gasteiger partial charge < -0.3 is 5.32 Å². The Labute approximate surface area is 124 Å². The predicted molar refractivity (Wildman–Crippen MR) is 82.5 cm³/mol. The Morgan fingerprint density at radius 3 is 2.57 bits per heavy atom. The van der Waals surface area contributed by atoms with E-state index in [1.165, 1.54) is 6.07 Å². The van der Waals surface area contributed by atoms with Gasteiger partial charge in [-0.1, -0.05) is 36.4 Å². The number of aryl methyl sites for hydroxylation is 1. The van der Waals surface area contributed by atoms with Crippen LogP contribution in [0.5, 0.6) is 0 Å². The number of amides is 1. The van der Waals surface area contributed by atoms with Gasteiger partial charge in [0.1, 0.15) is 5.82 Å². The van der Waals surface area contributed by atoms with Crippen molar-refractivity contribution in [1.29, 1.82) is 0 Å². The SMILES string of the molecule is Cc1ccc(NC(=O)CN(C)Cc2ccccc2)cc1F. The first-order valence-corrected chi connectivity index (χ1v) is 6.83. The number of likely N-dealkylation sites (N-methyl/N-ethyl adjacent to an activating group) is 1. The van der Waals surface area contributed by atoms with Gasteiger partial charge in [-0.3, -0.25) is 9.69 Å². The van der Waals surface area contributed by atoms with Crippen LogP contribution in [0.2, 0.25) is 0 Å². The summed E-state index contributed by atoms with van der Waals surface area (Å²) in [5.74, 6) is -0.470. The fourth-order valence-electron chi connectivity index (χ4n) is 2.07. The zero-order chi connectivity index (χ0) is 15.2. The topological polar surface area (TPSA) is 32.3 Å². The Morgan fingerprint density at radius 2 is 1.90 bits per heavy atom. The highest BCUT2D eigenvalue weighted by Crippen LogP contribution is 2.13. The highest BCUT2D eigenvalue weighted by Gasteiger charge is 2.08. The predicted octanol–water partition coefficient (Wildman–Crippen LogP) is 3.20. The smallest absolute Gasteiger partial charge is 0.238 e. The molecule has 0 fully saturated rings. The second-order valence-corrected chi connectivity index (χ2v) is 5.17. The van der Waals surface area contributed by atoms with Crippen molar-refractivity contribution in [2.45, 2.75) is 13.5 Å². The molecule has 3 nitrogen and oxygen atoms in total. The summed E-state index contributed by atoms with van der Waals surface area (Å²) in [4.78, 5) is 13.8. The van der Waals surface area contributed by atoms with Gasteiger partial charge in [0.25, 0.3) is 0 Å². The van der Waals surface area contributed by atoms with Crippen LogP contribution in [0.25, 0.3) is 0 Å². The van der Waals surface area contributed by atoms with Crippen molar-refractivity contribution < 1.29 is 9.18 Å². The summed E-state index contributed by atoms with van der Waals surface area (Å²) < 4.78 is 13.4. The lowest BCUT2D eigenvalue weighted by molar-refractivity contribution is -0.117. The highest BCUT2D eigenvalue weighted by atomic mass is 19.1. The number of nitrogens with one attached hydrogen (secondary N) is 1. The normalized spacial score (nSPS) is 10.7. The third-order valence-corrected chi connectivity index (χ3v) is 3.16. The largest absolute Gasteiger partial charge is 0.325 e. The van der Waals surface area contributed by atoms with E-state index in [0.29, 0.717) is 17.8 Å². The van der Waals surface area contributed by atoms with Crippen molar-refractivity contribution in [2.24, 2.45) is 0 Å². The lowest BCUT2D eigenvalue weighted by atomic mass is 10.2. The first kappa shape index (κ1) is 15.2. The molecule has 0 radical (unpaired) electrons. The van der Waals surface area contributed by atoms with E-state index in [2.05, 4.69) is 5.32 Å². The monoisotopic (exact) mass is 286 g/mol. The molecule has 0 saturated heterocycles. The van der Waals surface area contributed by atoms with Crippen molar-refractivity contribution in [2.75, 3.05) is 18.9 Å². The van der Waals surface area contributed by atoms with E-state index in [-0.39, 0.29) is 18.3 Å². The molecule has 2 aromatic carbocycles. The van der Waals surface area contributed by atoms with Crippen LogP contribution in [-0.2, 0) is 11.3 Å². The average Bonchev–Trinajstić information content (AvgIpc) is 2.43. The highest BCUT2D eigenvalue weighted by molar-refractivity contribution is 5.92. The maximum absolute atomic E-state index is 13.4. The molecule has 0 aromatic heterocycles. The zero-order valence-corrected chi connectivity index (χ0v) is 12.3. The summed E-state index contributed by atoms with van der Waals surface area (Å²) in [7, 11) is 1.88. The van der Waals surface area contributed by atoms with Gasteiger partial charge in [0.05, 0.1) is 6.54 Å². The Balaban J connectivity index is 1.87. The van der Waals surface area contributed by atoms with Crippen LogP contribution in [0.15, 0.2) is 48.5 Å². The average molecular weight is 286 g/mol. The third kappa shape index (κ3) is 4.68. The molecular formula is C17H19FN2O. The van der Waals surface area contributed by atoms with Gasteiger partial charge in [0.15, 0.2) is 0 Å². The van der Waals surface area contributed by atoms with E-state index in [1.807, 2.05) is 42.3 Å². The van der Waals surface area contributed by atoms with E-state index in [4.69, 9.17) is 0 Å². The molecule has 1 N–H and O–H groups in total. The first-order chi connectivity index (χ1) is 10.0. The van der Waals surface area contributed by atoms with Crippen molar-refractivity contribution in [1.82, 2.24) is 4.90 Å². The number of carbonyl (C=O) groups excluding carboxylic acids is 1. The summed E-state index contributed by atoms with van der Waals surface area (Å²) in [6.45, 7) is 2.63. The van der Waals surface area contributed by atoms with Crippen LogP contribution in [0.1, 0.15) is 11.1 Å². The molecule has 0 spiro atoms. The van der Waals surface area contributed by atoms with Gasteiger partial charge in [-0.15, -0.1) is 0 Å². The molecule has 2 rings (SSSR count). The molecule has 0 aliphatic carbocycles. The molecule has 2 aromatic rings. The maximum Gasteiger partial charge on any atom is 0.238 e. The molecule has 4 heteroatoms. The number of hydrogen-bond donors (Lipinski definition) is 1. The lowest BCUT2D eigenvalue weighted by Gasteiger charge is -2.16. The number of nitrogens with zero attached hydrogens (tertiary/aromatic N) is 1. The molecule has 0 saturated carbocycles. The second kappa shape index (κ2) is 6.99. The molecular weight excluding hydrogens is 267 g/mol. The molecule has 0 atom stereocenters. The Bertz CT molecular complexity index is 613. The number of hydrogen-bond acceptors (Lipinski definition) is 2.